The Labute approximate surface area is 99.8 Å². The highest BCUT2D eigenvalue weighted by atomic mass is 19.4. The summed E-state index contributed by atoms with van der Waals surface area (Å²) in [5, 5.41) is 2.71. The van der Waals surface area contributed by atoms with Crippen LogP contribution < -0.4 is 11.1 Å². The first kappa shape index (κ1) is 12.2. The Hall–Kier alpha value is -2.25. The van der Waals surface area contributed by atoms with E-state index in [4.69, 9.17) is 10.2 Å². The van der Waals surface area contributed by atoms with Crippen LogP contribution in [0, 0.1) is 0 Å². The Morgan fingerprint density at radius 3 is 2.72 bits per heavy atom. The van der Waals surface area contributed by atoms with Crippen LogP contribution in [0.5, 0.6) is 0 Å². The molecule has 2 heterocycles. The second-order valence-corrected chi connectivity index (χ2v) is 3.48. The molecule has 0 amide bonds. The molecule has 0 aliphatic carbocycles. The van der Waals surface area contributed by atoms with E-state index in [0.29, 0.717) is 0 Å². The highest BCUT2D eigenvalue weighted by Crippen LogP contribution is 2.27. The molecule has 96 valence electrons. The number of rotatable bonds is 3. The summed E-state index contributed by atoms with van der Waals surface area (Å²) < 4.78 is 42.1. The molecule has 18 heavy (non-hydrogen) atoms. The number of nitrogens with one attached hydrogen (secondary N) is 1. The van der Waals surface area contributed by atoms with Gasteiger partial charge in [-0.25, -0.2) is 9.97 Å². The number of aromatic nitrogens is 2. The molecule has 2 rings (SSSR count). The molecule has 3 N–H and O–H groups in total. The lowest BCUT2D eigenvalue weighted by molar-refractivity contribution is -0.144. The maximum Gasteiger partial charge on any atom is 0.451 e. The zero-order chi connectivity index (χ0) is 13.2. The summed E-state index contributed by atoms with van der Waals surface area (Å²) in [5.74, 6) is -1.50. The Balaban J connectivity index is 2.15. The Morgan fingerprint density at radius 2 is 2.11 bits per heavy atom. The molecule has 0 unspecified atom stereocenters. The van der Waals surface area contributed by atoms with Gasteiger partial charge in [0.1, 0.15) is 11.6 Å². The van der Waals surface area contributed by atoms with Crippen LogP contribution in [0.1, 0.15) is 11.4 Å². The van der Waals surface area contributed by atoms with Gasteiger partial charge in [-0.15, -0.1) is 0 Å². The van der Waals surface area contributed by atoms with Crippen molar-refractivity contribution < 1.29 is 17.6 Å². The summed E-state index contributed by atoms with van der Waals surface area (Å²) in [7, 11) is 0. The van der Waals surface area contributed by atoms with E-state index in [2.05, 4.69) is 15.3 Å². The second kappa shape index (κ2) is 4.55. The fourth-order valence-electron chi connectivity index (χ4n) is 1.27. The molecule has 0 radical (unpaired) electrons. The quantitative estimate of drug-likeness (QED) is 0.883. The Bertz CT molecular complexity index is 524. The average Bonchev–Trinajstić information content (AvgIpc) is 2.77. The van der Waals surface area contributed by atoms with Crippen LogP contribution in [-0.4, -0.2) is 9.97 Å². The summed E-state index contributed by atoms with van der Waals surface area (Å²) in [6.07, 6.45) is -1.68. The summed E-state index contributed by atoms with van der Waals surface area (Å²) in [5.41, 5.74) is 6.07. The summed E-state index contributed by atoms with van der Waals surface area (Å²) in [6, 6.07) is 2.91. The maximum atomic E-state index is 12.4. The van der Waals surface area contributed by atoms with Crippen molar-refractivity contribution in [2.24, 2.45) is 0 Å². The highest BCUT2D eigenvalue weighted by Gasteiger charge is 2.35. The molecule has 2 aromatic rings. The van der Waals surface area contributed by atoms with Gasteiger partial charge in [-0.05, 0) is 6.07 Å². The number of nitrogens with two attached hydrogens (primary N) is 1. The lowest BCUT2D eigenvalue weighted by Crippen LogP contribution is -2.14. The molecular weight excluding hydrogens is 249 g/mol. The van der Waals surface area contributed by atoms with Crippen molar-refractivity contribution in [3.63, 3.8) is 0 Å². The molecule has 8 heteroatoms. The van der Waals surface area contributed by atoms with Crippen molar-refractivity contribution in [3.05, 3.63) is 36.0 Å². The molecular formula is C10H9F3N4O. The van der Waals surface area contributed by atoms with Crippen LogP contribution in [-0.2, 0) is 12.7 Å². The minimum Gasteiger partial charge on any atom is -0.472 e. The predicted octanol–water partition coefficient (Wildman–Crippen LogP) is 2.28. The predicted molar refractivity (Wildman–Crippen MR) is 57.5 cm³/mol. The van der Waals surface area contributed by atoms with E-state index >= 15 is 0 Å². The van der Waals surface area contributed by atoms with Crippen molar-refractivity contribution in [1.82, 2.24) is 9.97 Å². The number of nitrogens with zero attached hydrogens (tertiary/aromatic N) is 2. The number of hydrogen-bond acceptors (Lipinski definition) is 5. The van der Waals surface area contributed by atoms with E-state index in [0.717, 1.165) is 5.56 Å². The van der Waals surface area contributed by atoms with Crippen LogP contribution in [0.2, 0.25) is 0 Å². The Morgan fingerprint density at radius 1 is 1.33 bits per heavy atom. The fourth-order valence-corrected chi connectivity index (χ4v) is 1.27. The lowest BCUT2D eigenvalue weighted by atomic mass is 10.3. The van der Waals surface area contributed by atoms with E-state index in [1.165, 1.54) is 18.6 Å². The third-order valence-corrected chi connectivity index (χ3v) is 2.05. The van der Waals surface area contributed by atoms with Crippen LogP contribution in [0.25, 0.3) is 0 Å². The minimum absolute atomic E-state index is 0.0102. The van der Waals surface area contributed by atoms with Crippen LogP contribution >= 0.6 is 0 Å². The molecule has 0 aromatic carbocycles. The molecule has 0 aliphatic heterocycles. The van der Waals surface area contributed by atoms with E-state index in [1.807, 2.05) is 0 Å². The topological polar surface area (TPSA) is 77.0 Å². The van der Waals surface area contributed by atoms with Gasteiger partial charge in [0.2, 0.25) is 5.82 Å². The van der Waals surface area contributed by atoms with Crippen molar-refractivity contribution >= 4 is 11.6 Å². The van der Waals surface area contributed by atoms with E-state index in [9.17, 15) is 13.2 Å². The molecule has 0 aliphatic rings. The maximum absolute atomic E-state index is 12.4. The normalized spacial score (nSPS) is 11.5. The zero-order valence-corrected chi connectivity index (χ0v) is 9.03. The van der Waals surface area contributed by atoms with Gasteiger partial charge in [-0.2, -0.15) is 13.2 Å². The van der Waals surface area contributed by atoms with Crippen molar-refractivity contribution in [2.75, 3.05) is 11.1 Å². The molecule has 0 bridgehead atoms. The minimum atomic E-state index is -4.62. The highest BCUT2D eigenvalue weighted by molar-refractivity contribution is 5.45. The second-order valence-electron chi connectivity index (χ2n) is 3.48. The average molecular weight is 258 g/mol. The number of furan rings is 1. The van der Waals surface area contributed by atoms with Gasteiger partial charge in [-0.3, -0.25) is 0 Å². The standard InChI is InChI=1S/C10H9F3N4O/c11-10(12,13)9-16-7(14)3-8(17-9)15-4-6-1-2-18-5-6/h1-3,5H,4H2,(H3,14,15,16,17). The first-order chi connectivity index (χ1) is 8.45. The molecule has 5 nitrogen and oxygen atoms in total. The first-order valence-electron chi connectivity index (χ1n) is 4.92. The monoisotopic (exact) mass is 258 g/mol. The molecule has 0 spiro atoms. The third-order valence-electron chi connectivity index (χ3n) is 2.05. The molecule has 0 fully saturated rings. The number of alkyl halides is 3. The van der Waals surface area contributed by atoms with Gasteiger partial charge in [0, 0.05) is 18.2 Å². The molecule has 0 saturated carbocycles. The first-order valence-corrected chi connectivity index (χ1v) is 4.92. The van der Waals surface area contributed by atoms with Gasteiger partial charge >= 0.3 is 6.18 Å². The van der Waals surface area contributed by atoms with Gasteiger partial charge in [0.05, 0.1) is 12.5 Å². The molecule has 0 atom stereocenters. The molecule has 0 saturated heterocycles. The Kier molecular flexibility index (Phi) is 3.09. The van der Waals surface area contributed by atoms with E-state index in [-0.39, 0.29) is 18.2 Å². The lowest BCUT2D eigenvalue weighted by Gasteiger charge is -2.09. The summed E-state index contributed by atoms with van der Waals surface area (Å²) in [6.45, 7) is 0.282. The van der Waals surface area contributed by atoms with Crippen molar-refractivity contribution in [2.45, 2.75) is 12.7 Å². The third kappa shape index (κ3) is 2.90. The van der Waals surface area contributed by atoms with Crippen LogP contribution in [0.3, 0.4) is 0 Å². The number of halogens is 3. The van der Waals surface area contributed by atoms with Gasteiger partial charge in [-0.1, -0.05) is 0 Å². The van der Waals surface area contributed by atoms with Crippen molar-refractivity contribution in [1.29, 1.82) is 0 Å². The number of hydrogen-bond donors (Lipinski definition) is 2. The molecule has 2 aromatic heterocycles. The van der Waals surface area contributed by atoms with Crippen LogP contribution in [0.4, 0.5) is 24.8 Å². The summed E-state index contributed by atoms with van der Waals surface area (Å²) in [4.78, 5) is 6.48. The number of nitrogen functional groups attached to an aromatic ring is 1. The zero-order valence-electron chi connectivity index (χ0n) is 9.03. The number of anilines is 2. The van der Waals surface area contributed by atoms with Gasteiger partial charge in [0.25, 0.3) is 0 Å². The summed E-state index contributed by atoms with van der Waals surface area (Å²) >= 11 is 0. The largest absolute Gasteiger partial charge is 0.472 e. The smallest absolute Gasteiger partial charge is 0.451 e. The van der Waals surface area contributed by atoms with Crippen molar-refractivity contribution in [3.8, 4) is 0 Å². The van der Waals surface area contributed by atoms with E-state index in [1.54, 1.807) is 6.07 Å². The van der Waals surface area contributed by atoms with Crippen LogP contribution in [0.15, 0.2) is 29.1 Å². The SMILES string of the molecule is Nc1cc(NCc2ccoc2)nc(C(F)(F)F)n1. The van der Waals surface area contributed by atoms with Gasteiger partial charge < -0.3 is 15.5 Å². The van der Waals surface area contributed by atoms with Gasteiger partial charge in [0.15, 0.2) is 0 Å². The van der Waals surface area contributed by atoms with E-state index < -0.39 is 12.0 Å². The fraction of sp³-hybridized carbons (Fsp3) is 0.200.